The van der Waals surface area contributed by atoms with Crippen molar-refractivity contribution in [3.63, 3.8) is 0 Å². The number of nitrogens with zero attached hydrogens (tertiary/aromatic N) is 1. The van der Waals surface area contributed by atoms with Gasteiger partial charge in [-0.3, -0.25) is 14.6 Å². The number of hydrogen-bond acceptors (Lipinski definition) is 3. The lowest BCUT2D eigenvalue weighted by molar-refractivity contribution is -0.139. The Kier molecular flexibility index (Phi) is 6.73. The fourth-order valence-electron chi connectivity index (χ4n) is 2.70. The van der Waals surface area contributed by atoms with Gasteiger partial charge in [-0.2, -0.15) is 26.3 Å². The van der Waals surface area contributed by atoms with Gasteiger partial charge in [0.1, 0.15) is 6.04 Å². The molecule has 30 heavy (non-hydrogen) atoms. The molecule has 1 aromatic carbocycles. The summed E-state index contributed by atoms with van der Waals surface area (Å²) >= 11 is 0. The van der Waals surface area contributed by atoms with Crippen LogP contribution in [-0.4, -0.2) is 22.8 Å². The van der Waals surface area contributed by atoms with Crippen LogP contribution in [0.5, 0.6) is 0 Å². The van der Waals surface area contributed by atoms with Crippen molar-refractivity contribution in [2.45, 2.75) is 38.3 Å². The molecule has 5 nitrogen and oxygen atoms in total. The molecule has 2 rings (SSSR count). The second kappa shape index (κ2) is 8.72. The molecule has 0 aliphatic heterocycles. The SMILES string of the molecule is CC(=O)NC(C)C(=O)NC(c1ccc(C(F)(F)F)cc1)c1ncccc1C(F)(F)F. The first-order chi connectivity index (χ1) is 13.8. The molecule has 1 aromatic heterocycles. The maximum Gasteiger partial charge on any atom is 0.418 e. The molecular weight excluding hydrogens is 416 g/mol. The van der Waals surface area contributed by atoms with E-state index >= 15 is 0 Å². The van der Waals surface area contributed by atoms with E-state index < -0.39 is 53.1 Å². The zero-order valence-electron chi connectivity index (χ0n) is 15.7. The number of benzene rings is 1. The maximum atomic E-state index is 13.5. The largest absolute Gasteiger partial charge is 0.418 e. The molecule has 2 aromatic rings. The number of carbonyl (C=O) groups is 2. The predicted octanol–water partition coefficient (Wildman–Crippen LogP) is 3.85. The Labute approximate surface area is 167 Å². The summed E-state index contributed by atoms with van der Waals surface area (Å²) in [6.45, 7) is 2.46. The number of amides is 2. The maximum absolute atomic E-state index is 13.5. The van der Waals surface area contributed by atoms with Crippen LogP contribution in [-0.2, 0) is 21.9 Å². The summed E-state index contributed by atoms with van der Waals surface area (Å²) in [5.74, 6) is -1.38. The van der Waals surface area contributed by atoms with Crippen molar-refractivity contribution < 1.29 is 35.9 Å². The monoisotopic (exact) mass is 433 g/mol. The van der Waals surface area contributed by atoms with Gasteiger partial charge in [-0.05, 0) is 36.8 Å². The summed E-state index contributed by atoms with van der Waals surface area (Å²) in [5, 5.41) is 4.61. The quantitative estimate of drug-likeness (QED) is 0.704. The van der Waals surface area contributed by atoms with E-state index in [-0.39, 0.29) is 5.56 Å². The molecule has 1 heterocycles. The van der Waals surface area contributed by atoms with E-state index in [1.54, 1.807) is 0 Å². The van der Waals surface area contributed by atoms with Gasteiger partial charge in [-0.1, -0.05) is 12.1 Å². The highest BCUT2D eigenvalue weighted by molar-refractivity contribution is 5.86. The molecule has 2 N–H and O–H groups in total. The standard InChI is InChI=1S/C19H17F6N3O2/c1-10(27-11(2)29)17(30)28-15(12-5-7-13(8-6-12)18(20,21)22)16-14(19(23,24)25)4-3-9-26-16/h3-10,15H,1-2H3,(H,27,29)(H,28,30). The van der Waals surface area contributed by atoms with Crippen LogP contribution < -0.4 is 10.6 Å². The first-order valence-electron chi connectivity index (χ1n) is 8.57. The Hall–Kier alpha value is -3.11. The van der Waals surface area contributed by atoms with Crippen molar-refractivity contribution in [3.8, 4) is 0 Å². The zero-order valence-corrected chi connectivity index (χ0v) is 15.7. The summed E-state index contributed by atoms with van der Waals surface area (Å²) in [5.41, 5.74) is -2.79. The average Bonchev–Trinajstić information content (AvgIpc) is 2.64. The fraction of sp³-hybridized carbons (Fsp3) is 0.316. The Balaban J connectivity index is 2.52. The average molecular weight is 433 g/mol. The number of rotatable bonds is 5. The highest BCUT2D eigenvalue weighted by Gasteiger charge is 2.37. The second-order valence-electron chi connectivity index (χ2n) is 6.42. The zero-order chi connectivity index (χ0) is 22.7. The van der Waals surface area contributed by atoms with Gasteiger partial charge in [0.2, 0.25) is 11.8 Å². The number of halogens is 6. The van der Waals surface area contributed by atoms with Crippen molar-refractivity contribution in [2.24, 2.45) is 0 Å². The summed E-state index contributed by atoms with van der Waals surface area (Å²) in [4.78, 5) is 27.3. The Bertz CT molecular complexity index is 910. The molecular formula is C19H17F6N3O2. The lowest BCUT2D eigenvalue weighted by Gasteiger charge is -2.24. The lowest BCUT2D eigenvalue weighted by atomic mass is 9.97. The number of alkyl halides is 6. The summed E-state index contributed by atoms with van der Waals surface area (Å²) in [6.07, 6.45) is -8.38. The fourth-order valence-corrected chi connectivity index (χ4v) is 2.70. The summed E-state index contributed by atoms with van der Waals surface area (Å²) in [6, 6.07) is 2.52. The van der Waals surface area contributed by atoms with Crippen LogP contribution in [0.25, 0.3) is 0 Å². The van der Waals surface area contributed by atoms with Crippen LogP contribution in [0.4, 0.5) is 26.3 Å². The molecule has 2 atom stereocenters. The molecule has 0 aliphatic carbocycles. The normalized spacial score (nSPS) is 14.0. The van der Waals surface area contributed by atoms with Crippen molar-refractivity contribution >= 4 is 11.8 Å². The van der Waals surface area contributed by atoms with Crippen molar-refractivity contribution in [2.75, 3.05) is 0 Å². The Morgan fingerprint density at radius 3 is 2.03 bits per heavy atom. The second-order valence-corrected chi connectivity index (χ2v) is 6.42. The van der Waals surface area contributed by atoms with Gasteiger partial charge in [-0.25, -0.2) is 0 Å². The van der Waals surface area contributed by atoms with E-state index in [4.69, 9.17) is 0 Å². The molecule has 0 radical (unpaired) electrons. The lowest BCUT2D eigenvalue weighted by Crippen LogP contribution is -2.45. The Morgan fingerprint density at radius 1 is 0.933 bits per heavy atom. The van der Waals surface area contributed by atoms with E-state index in [1.807, 2.05) is 0 Å². The van der Waals surface area contributed by atoms with Gasteiger partial charge in [0.25, 0.3) is 0 Å². The number of nitrogens with one attached hydrogen (secondary N) is 2. The minimum atomic E-state index is -4.82. The third-order valence-corrected chi connectivity index (χ3v) is 4.09. The van der Waals surface area contributed by atoms with E-state index in [2.05, 4.69) is 15.6 Å². The van der Waals surface area contributed by atoms with E-state index in [1.165, 1.54) is 6.92 Å². The molecule has 0 fully saturated rings. The predicted molar refractivity (Wildman–Crippen MR) is 93.9 cm³/mol. The topological polar surface area (TPSA) is 71.1 Å². The molecule has 162 valence electrons. The highest BCUT2D eigenvalue weighted by atomic mass is 19.4. The van der Waals surface area contributed by atoms with Gasteiger partial charge in [0, 0.05) is 13.1 Å². The van der Waals surface area contributed by atoms with Crippen molar-refractivity contribution in [3.05, 3.63) is 65.0 Å². The number of aromatic nitrogens is 1. The van der Waals surface area contributed by atoms with Crippen LogP contribution in [0.3, 0.4) is 0 Å². The molecule has 2 amide bonds. The highest BCUT2D eigenvalue weighted by Crippen LogP contribution is 2.36. The molecule has 0 aliphatic rings. The van der Waals surface area contributed by atoms with Gasteiger partial charge in [0.05, 0.1) is 22.9 Å². The summed E-state index contributed by atoms with van der Waals surface area (Å²) in [7, 11) is 0. The van der Waals surface area contributed by atoms with Crippen molar-refractivity contribution in [1.29, 1.82) is 0 Å². The smallest absolute Gasteiger partial charge is 0.345 e. The van der Waals surface area contributed by atoms with Crippen LogP contribution in [0.2, 0.25) is 0 Å². The molecule has 0 saturated carbocycles. The molecule has 11 heteroatoms. The molecule has 2 unspecified atom stereocenters. The number of hydrogen-bond donors (Lipinski definition) is 2. The van der Waals surface area contributed by atoms with Crippen LogP contribution >= 0.6 is 0 Å². The number of carbonyl (C=O) groups excluding carboxylic acids is 2. The van der Waals surface area contributed by atoms with Gasteiger partial charge < -0.3 is 10.6 Å². The molecule has 0 bridgehead atoms. The first kappa shape index (κ1) is 23.2. The third-order valence-electron chi connectivity index (χ3n) is 4.09. The van der Waals surface area contributed by atoms with E-state index in [0.29, 0.717) is 12.1 Å². The molecule has 0 saturated heterocycles. The third kappa shape index (κ3) is 5.71. The minimum Gasteiger partial charge on any atom is -0.345 e. The van der Waals surface area contributed by atoms with E-state index in [9.17, 15) is 35.9 Å². The van der Waals surface area contributed by atoms with Gasteiger partial charge in [-0.15, -0.1) is 0 Å². The van der Waals surface area contributed by atoms with Crippen LogP contribution in [0.15, 0.2) is 42.6 Å². The summed E-state index contributed by atoms with van der Waals surface area (Å²) < 4.78 is 78.9. The van der Waals surface area contributed by atoms with Gasteiger partial charge >= 0.3 is 12.4 Å². The first-order valence-corrected chi connectivity index (χ1v) is 8.57. The van der Waals surface area contributed by atoms with E-state index in [0.717, 1.165) is 37.4 Å². The Morgan fingerprint density at radius 2 is 1.53 bits per heavy atom. The van der Waals surface area contributed by atoms with Gasteiger partial charge in [0.15, 0.2) is 0 Å². The minimum absolute atomic E-state index is 0.0458. The van der Waals surface area contributed by atoms with Crippen LogP contribution in [0.1, 0.15) is 42.3 Å². The van der Waals surface area contributed by atoms with Crippen LogP contribution in [0, 0.1) is 0 Å². The van der Waals surface area contributed by atoms with Crippen molar-refractivity contribution in [1.82, 2.24) is 15.6 Å². The molecule has 0 spiro atoms. The number of pyridine rings is 1.